The van der Waals surface area contributed by atoms with Gasteiger partial charge in [-0.1, -0.05) is 60.2 Å². The summed E-state index contributed by atoms with van der Waals surface area (Å²) in [6.07, 6.45) is 0.713. The first kappa shape index (κ1) is 24.8. The molecular formula is C23H27IN4O2S. The summed E-state index contributed by atoms with van der Waals surface area (Å²) >= 11 is 0. The van der Waals surface area contributed by atoms with Crippen molar-refractivity contribution in [2.75, 3.05) is 11.9 Å². The topological polar surface area (TPSA) is 96.6 Å². The molecule has 4 N–H and O–H groups in total. The lowest BCUT2D eigenvalue weighted by Gasteiger charge is -2.13. The first-order chi connectivity index (χ1) is 14.4. The van der Waals surface area contributed by atoms with Gasteiger partial charge in [0.2, 0.25) is 10.0 Å². The largest absolute Gasteiger partial charge is 0.356 e. The monoisotopic (exact) mass is 550 g/mol. The van der Waals surface area contributed by atoms with E-state index in [2.05, 4.69) is 41.8 Å². The smallest absolute Gasteiger partial charge is 0.238 e. The van der Waals surface area contributed by atoms with Crippen molar-refractivity contribution in [2.45, 2.75) is 24.8 Å². The Labute approximate surface area is 201 Å². The number of sulfonamides is 1. The number of hydrogen-bond donors (Lipinski definition) is 3. The van der Waals surface area contributed by atoms with Crippen LogP contribution in [0.1, 0.15) is 16.7 Å². The van der Waals surface area contributed by atoms with E-state index < -0.39 is 10.0 Å². The van der Waals surface area contributed by atoms with E-state index >= 15 is 0 Å². The van der Waals surface area contributed by atoms with Gasteiger partial charge in [-0.2, -0.15) is 0 Å². The number of nitrogens with two attached hydrogens (primary N) is 1. The third kappa shape index (κ3) is 8.31. The number of aryl methyl sites for hydroxylation is 1. The molecule has 0 aromatic heterocycles. The second-order valence-electron chi connectivity index (χ2n) is 7.01. The molecule has 0 fully saturated rings. The number of nitrogens with zero attached hydrogens (tertiary/aromatic N) is 1. The highest BCUT2D eigenvalue weighted by Crippen LogP contribution is 2.10. The van der Waals surface area contributed by atoms with Gasteiger partial charge in [0, 0.05) is 12.2 Å². The van der Waals surface area contributed by atoms with E-state index in [0.717, 1.165) is 16.8 Å². The third-order valence-corrected chi connectivity index (χ3v) is 5.46. The number of nitrogens with one attached hydrogen (secondary N) is 2. The molecule has 8 heteroatoms. The molecule has 3 aromatic carbocycles. The molecule has 3 aromatic rings. The fourth-order valence-electron chi connectivity index (χ4n) is 2.83. The van der Waals surface area contributed by atoms with Crippen LogP contribution in [0.4, 0.5) is 5.69 Å². The van der Waals surface area contributed by atoms with Crippen molar-refractivity contribution in [2.24, 2.45) is 10.1 Å². The molecule has 6 nitrogen and oxygen atoms in total. The van der Waals surface area contributed by atoms with Crippen LogP contribution in [0, 0.1) is 6.92 Å². The van der Waals surface area contributed by atoms with E-state index in [1.54, 1.807) is 12.1 Å². The van der Waals surface area contributed by atoms with Gasteiger partial charge in [-0.05, 0) is 48.7 Å². The van der Waals surface area contributed by atoms with Gasteiger partial charge in [0.25, 0.3) is 0 Å². The summed E-state index contributed by atoms with van der Waals surface area (Å²) in [4.78, 5) is 4.81. The minimum atomic E-state index is -3.67. The van der Waals surface area contributed by atoms with Crippen molar-refractivity contribution in [1.29, 1.82) is 0 Å². The zero-order valence-electron chi connectivity index (χ0n) is 17.3. The van der Waals surface area contributed by atoms with Gasteiger partial charge in [0.05, 0.1) is 11.4 Å². The molecule has 0 saturated heterocycles. The van der Waals surface area contributed by atoms with Gasteiger partial charge >= 0.3 is 0 Å². The van der Waals surface area contributed by atoms with E-state index in [-0.39, 0.29) is 28.9 Å². The van der Waals surface area contributed by atoms with Crippen molar-refractivity contribution in [3.05, 3.63) is 95.6 Å². The maximum absolute atomic E-state index is 11.4. The van der Waals surface area contributed by atoms with E-state index in [9.17, 15) is 8.42 Å². The van der Waals surface area contributed by atoms with Crippen molar-refractivity contribution in [3.8, 4) is 0 Å². The molecule has 0 bridgehead atoms. The highest BCUT2D eigenvalue weighted by atomic mass is 127. The SMILES string of the molecule is Cc1ccc(CN=C(NCCc2ccc(S(N)(=O)=O)cc2)Nc2ccccc2)cc1.I. The summed E-state index contributed by atoms with van der Waals surface area (Å²) < 4.78 is 22.7. The first-order valence-electron chi connectivity index (χ1n) is 9.68. The van der Waals surface area contributed by atoms with Crippen LogP contribution in [-0.2, 0) is 23.0 Å². The lowest BCUT2D eigenvalue weighted by atomic mass is 10.1. The number of primary sulfonamides is 1. The van der Waals surface area contributed by atoms with Gasteiger partial charge in [0.15, 0.2) is 5.96 Å². The number of halogens is 1. The maximum Gasteiger partial charge on any atom is 0.238 e. The van der Waals surface area contributed by atoms with Gasteiger partial charge in [-0.3, -0.25) is 0 Å². The lowest BCUT2D eigenvalue weighted by molar-refractivity contribution is 0.598. The first-order valence-corrected chi connectivity index (χ1v) is 11.2. The zero-order valence-corrected chi connectivity index (χ0v) is 20.4. The van der Waals surface area contributed by atoms with Gasteiger partial charge < -0.3 is 10.6 Å². The number of benzene rings is 3. The van der Waals surface area contributed by atoms with Gasteiger partial charge in [-0.25, -0.2) is 18.5 Å². The summed E-state index contributed by atoms with van der Waals surface area (Å²) in [6, 6.07) is 24.8. The minimum Gasteiger partial charge on any atom is -0.356 e. The van der Waals surface area contributed by atoms with Crippen LogP contribution in [0.25, 0.3) is 0 Å². The highest BCUT2D eigenvalue weighted by molar-refractivity contribution is 14.0. The van der Waals surface area contributed by atoms with Crippen LogP contribution < -0.4 is 15.8 Å². The molecular weight excluding hydrogens is 523 g/mol. The predicted octanol–water partition coefficient (Wildman–Crippen LogP) is 4.06. The quantitative estimate of drug-likeness (QED) is 0.235. The normalized spacial score (nSPS) is 11.5. The molecule has 0 amide bonds. The van der Waals surface area contributed by atoms with Crippen molar-refractivity contribution < 1.29 is 8.42 Å². The third-order valence-electron chi connectivity index (χ3n) is 4.53. The van der Waals surface area contributed by atoms with E-state index in [0.29, 0.717) is 25.5 Å². The Morgan fingerprint density at radius 2 is 1.52 bits per heavy atom. The van der Waals surface area contributed by atoms with Gasteiger partial charge in [0.1, 0.15) is 0 Å². The zero-order chi connectivity index (χ0) is 21.4. The molecule has 164 valence electrons. The number of aliphatic imine (C=N–C) groups is 1. The molecule has 0 aliphatic heterocycles. The van der Waals surface area contributed by atoms with E-state index in [1.165, 1.54) is 17.7 Å². The average molecular weight is 550 g/mol. The number of rotatable bonds is 7. The number of guanidine groups is 1. The lowest BCUT2D eigenvalue weighted by Crippen LogP contribution is -2.32. The molecule has 0 unspecified atom stereocenters. The Bertz CT molecular complexity index is 1080. The highest BCUT2D eigenvalue weighted by Gasteiger charge is 2.07. The van der Waals surface area contributed by atoms with Crippen molar-refractivity contribution in [1.82, 2.24) is 5.32 Å². The standard InChI is InChI=1S/C23H26N4O2S.HI/c1-18-7-9-20(10-8-18)17-26-23(27-21-5-3-2-4-6-21)25-16-15-19-11-13-22(14-12-19)30(24,28)29;/h2-14H,15-17H2,1H3,(H2,24,28,29)(H2,25,26,27);1H. The predicted molar refractivity (Wildman–Crippen MR) is 137 cm³/mol. The molecule has 0 aliphatic carbocycles. The van der Waals surface area contributed by atoms with Gasteiger partial charge in [-0.15, -0.1) is 24.0 Å². The van der Waals surface area contributed by atoms with Crippen LogP contribution in [-0.4, -0.2) is 20.9 Å². The Kier molecular flexibility index (Phi) is 9.47. The maximum atomic E-state index is 11.4. The minimum absolute atomic E-state index is 0. The molecule has 0 spiro atoms. The Balaban J connectivity index is 0.00000341. The molecule has 0 atom stereocenters. The van der Waals surface area contributed by atoms with E-state index in [1.807, 2.05) is 30.3 Å². The van der Waals surface area contributed by atoms with Crippen molar-refractivity contribution >= 4 is 45.6 Å². The summed E-state index contributed by atoms with van der Waals surface area (Å²) in [5.41, 5.74) is 4.31. The number of anilines is 1. The van der Waals surface area contributed by atoms with Crippen LogP contribution in [0.15, 0.2) is 88.8 Å². The summed E-state index contributed by atoms with van der Waals surface area (Å²) in [5, 5.41) is 11.8. The van der Waals surface area contributed by atoms with Crippen molar-refractivity contribution in [3.63, 3.8) is 0 Å². The van der Waals surface area contributed by atoms with E-state index in [4.69, 9.17) is 10.1 Å². The second-order valence-corrected chi connectivity index (χ2v) is 8.57. The fraction of sp³-hybridized carbons (Fsp3) is 0.174. The number of hydrogen-bond acceptors (Lipinski definition) is 3. The summed E-state index contributed by atoms with van der Waals surface area (Å²) in [7, 11) is -3.67. The summed E-state index contributed by atoms with van der Waals surface area (Å²) in [6.45, 7) is 3.26. The molecule has 0 saturated carbocycles. The molecule has 0 heterocycles. The second kappa shape index (κ2) is 11.8. The molecule has 31 heavy (non-hydrogen) atoms. The van der Waals surface area contributed by atoms with Crippen LogP contribution >= 0.6 is 24.0 Å². The fourth-order valence-corrected chi connectivity index (χ4v) is 3.35. The Morgan fingerprint density at radius 3 is 2.13 bits per heavy atom. The Hall–Kier alpha value is -2.43. The number of para-hydroxylation sites is 1. The molecule has 0 radical (unpaired) electrons. The van der Waals surface area contributed by atoms with Crippen LogP contribution in [0.5, 0.6) is 0 Å². The average Bonchev–Trinajstić information content (AvgIpc) is 2.73. The molecule has 0 aliphatic rings. The van der Waals surface area contributed by atoms with Crippen LogP contribution in [0.2, 0.25) is 0 Å². The Morgan fingerprint density at radius 1 is 0.903 bits per heavy atom. The summed E-state index contributed by atoms with van der Waals surface area (Å²) in [5.74, 6) is 0.683. The van der Waals surface area contributed by atoms with Crippen LogP contribution in [0.3, 0.4) is 0 Å². The molecule has 3 rings (SSSR count).